The molecule has 2 aromatic heterocycles. The summed E-state index contributed by atoms with van der Waals surface area (Å²) < 4.78 is 7.82. The van der Waals surface area contributed by atoms with Crippen LogP contribution in [-0.4, -0.2) is 45.1 Å². The average molecular weight is 428 g/mol. The maximum absolute atomic E-state index is 12.8. The van der Waals surface area contributed by atoms with E-state index in [1.165, 1.54) is 0 Å². The zero-order valence-electron chi connectivity index (χ0n) is 17.8. The summed E-state index contributed by atoms with van der Waals surface area (Å²) in [7, 11) is 1.88. The van der Waals surface area contributed by atoms with Crippen LogP contribution in [0.2, 0.25) is 0 Å². The van der Waals surface area contributed by atoms with Gasteiger partial charge in [-0.15, -0.1) is 10.2 Å². The van der Waals surface area contributed by atoms with Gasteiger partial charge in [-0.25, -0.2) is 0 Å². The van der Waals surface area contributed by atoms with Gasteiger partial charge in [-0.2, -0.15) is 5.10 Å². The van der Waals surface area contributed by atoms with E-state index in [-0.39, 0.29) is 12.0 Å². The molecule has 5 rings (SSSR count). The molecule has 1 fully saturated rings. The van der Waals surface area contributed by atoms with Crippen LogP contribution in [0.4, 0.5) is 5.82 Å². The van der Waals surface area contributed by atoms with E-state index in [2.05, 4.69) is 25.9 Å². The highest BCUT2D eigenvalue weighted by atomic mass is 16.5. The van der Waals surface area contributed by atoms with Gasteiger partial charge in [0.25, 0.3) is 5.91 Å². The Kier molecular flexibility index (Phi) is 5.51. The highest BCUT2D eigenvalue weighted by molar-refractivity contribution is 6.04. The summed E-state index contributed by atoms with van der Waals surface area (Å²) in [6, 6.07) is 15.0. The largest absolute Gasteiger partial charge is 0.490 e. The van der Waals surface area contributed by atoms with Crippen LogP contribution in [-0.2, 0) is 7.05 Å². The van der Waals surface area contributed by atoms with Crippen LogP contribution in [0.15, 0.2) is 60.9 Å². The van der Waals surface area contributed by atoms with Crippen molar-refractivity contribution in [2.45, 2.75) is 18.9 Å². The molecule has 0 atom stereocenters. The second-order valence-corrected chi connectivity index (χ2v) is 7.96. The summed E-state index contributed by atoms with van der Waals surface area (Å²) in [5.41, 5.74) is 3.32. The Labute approximate surface area is 185 Å². The minimum Gasteiger partial charge on any atom is -0.490 e. The van der Waals surface area contributed by atoms with Gasteiger partial charge in [0.05, 0.1) is 11.7 Å². The number of aryl methyl sites for hydroxylation is 1. The normalized spacial score (nSPS) is 14.4. The van der Waals surface area contributed by atoms with Crippen LogP contribution in [0, 0.1) is 0 Å². The standard InChI is InChI=1S/C24H24N6O2/c1-30-15-19(14-26-30)16-5-6-22-18(11-16)13-23(29-28-22)27-24(31)17-3-2-4-21(12-17)32-20-7-9-25-10-8-20/h2-6,11-15,20,25H,7-10H2,1H3,(H,27,29,31). The van der Waals surface area contributed by atoms with E-state index in [0.717, 1.165) is 48.0 Å². The van der Waals surface area contributed by atoms with Gasteiger partial charge in [-0.1, -0.05) is 12.1 Å². The van der Waals surface area contributed by atoms with Crippen LogP contribution < -0.4 is 15.4 Å². The zero-order valence-corrected chi connectivity index (χ0v) is 17.8. The number of ether oxygens (including phenoxy) is 1. The van der Waals surface area contributed by atoms with Crippen molar-refractivity contribution >= 4 is 22.6 Å². The van der Waals surface area contributed by atoms with Gasteiger partial charge < -0.3 is 15.4 Å². The number of piperidine rings is 1. The van der Waals surface area contributed by atoms with Crippen LogP contribution in [0.3, 0.4) is 0 Å². The van der Waals surface area contributed by atoms with E-state index >= 15 is 0 Å². The van der Waals surface area contributed by atoms with Crippen LogP contribution in [0.1, 0.15) is 23.2 Å². The molecule has 32 heavy (non-hydrogen) atoms. The van der Waals surface area contributed by atoms with Gasteiger partial charge in [0.1, 0.15) is 11.9 Å². The van der Waals surface area contributed by atoms with Gasteiger partial charge >= 0.3 is 0 Å². The second kappa shape index (κ2) is 8.76. The topological polar surface area (TPSA) is 94.0 Å². The molecule has 2 aromatic carbocycles. The molecule has 8 nitrogen and oxygen atoms in total. The lowest BCUT2D eigenvalue weighted by molar-refractivity contribution is 0.102. The number of nitrogens with one attached hydrogen (secondary N) is 2. The Hall–Kier alpha value is -3.78. The Morgan fingerprint density at radius 1 is 1.09 bits per heavy atom. The fraction of sp³-hybridized carbons (Fsp3) is 0.250. The SMILES string of the molecule is Cn1cc(-c2ccc3nnc(NC(=O)c4cccc(OC5CCNCC5)c4)cc3c2)cn1. The Morgan fingerprint density at radius 2 is 1.97 bits per heavy atom. The lowest BCUT2D eigenvalue weighted by atomic mass is 10.1. The van der Waals surface area contributed by atoms with Crippen molar-refractivity contribution in [1.29, 1.82) is 0 Å². The third kappa shape index (κ3) is 4.45. The van der Waals surface area contributed by atoms with Crippen molar-refractivity contribution in [2.75, 3.05) is 18.4 Å². The average Bonchev–Trinajstić information content (AvgIpc) is 3.26. The van der Waals surface area contributed by atoms with E-state index in [0.29, 0.717) is 17.1 Å². The van der Waals surface area contributed by atoms with E-state index < -0.39 is 0 Å². The zero-order chi connectivity index (χ0) is 21.9. The first-order valence-corrected chi connectivity index (χ1v) is 10.7. The highest BCUT2D eigenvalue weighted by Crippen LogP contribution is 2.24. The molecule has 0 unspecified atom stereocenters. The molecule has 0 bridgehead atoms. The fourth-order valence-electron chi connectivity index (χ4n) is 3.86. The number of amides is 1. The quantitative estimate of drug-likeness (QED) is 0.506. The van der Waals surface area contributed by atoms with E-state index in [1.807, 2.05) is 55.8 Å². The van der Waals surface area contributed by atoms with Crippen LogP contribution >= 0.6 is 0 Å². The van der Waals surface area contributed by atoms with Crippen LogP contribution in [0.25, 0.3) is 22.0 Å². The van der Waals surface area contributed by atoms with Crippen molar-refractivity contribution in [3.05, 3.63) is 66.5 Å². The fourth-order valence-corrected chi connectivity index (χ4v) is 3.86. The first-order valence-electron chi connectivity index (χ1n) is 10.7. The molecule has 0 radical (unpaired) electrons. The Bertz CT molecular complexity index is 1260. The maximum Gasteiger partial charge on any atom is 0.256 e. The lowest BCUT2D eigenvalue weighted by Crippen LogP contribution is -2.34. The number of rotatable bonds is 5. The molecule has 1 aliphatic heterocycles. The van der Waals surface area contributed by atoms with Gasteiger partial charge in [-0.05, 0) is 67.9 Å². The molecule has 2 N–H and O–H groups in total. The summed E-state index contributed by atoms with van der Waals surface area (Å²) >= 11 is 0. The van der Waals surface area contributed by atoms with Gasteiger partial charge in [-0.3, -0.25) is 9.48 Å². The minimum atomic E-state index is -0.252. The number of benzene rings is 2. The Morgan fingerprint density at radius 3 is 2.78 bits per heavy atom. The van der Waals surface area contributed by atoms with Crippen molar-refractivity contribution in [2.24, 2.45) is 7.05 Å². The third-order valence-corrected chi connectivity index (χ3v) is 5.55. The van der Waals surface area contributed by atoms with E-state index in [9.17, 15) is 4.79 Å². The van der Waals surface area contributed by atoms with Crippen molar-refractivity contribution in [1.82, 2.24) is 25.3 Å². The third-order valence-electron chi connectivity index (χ3n) is 5.55. The number of aromatic nitrogens is 4. The molecule has 1 amide bonds. The van der Waals surface area contributed by atoms with E-state index in [1.54, 1.807) is 16.8 Å². The number of anilines is 1. The highest BCUT2D eigenvalue weighted by Gasteiger charge is 2.16. The number of carbonyl (C=O) groups is 1. The number of fused-ring (bicyclic) bond motifs is 1. The van der Waals surface area contributed by atoms with Gasteiger partial charge in [0.15, 0.2) is 5.82 Å². The molecule has 3 heterocycles. The first-order chi connectivity index (χ1) is 15.6. The molecule has 1 saturated heterocycles. The number of hydrogen-bond acceptors (Lipinski definition) is 6. The molecular weight excluding hydrogens is 404 g/mol. The summed E-state index contributed by atoms with van der Waals surface area (Å²) in [5.74, 6) is 0.851. The van der Waals surface area contributed by atoms with Crippen LogP contribution in [0.5, 0.6) is 5.75 Å². The lowest BCUT2D eigenvalue weighted by Gasteiger charge is -2.24. The second-order valence-electron chi connectivity index (χ2n) is 7.96. The minimum absolute atomic E-state index is 0.176. The van der Waals surface area contributed by atoms with Crippen molar-refractivity contribution in [3.63, 3.8) is 0 Å². The molecule has 8 heteroatoms. The molecule has 162 valence electrons. The van der Waals surface area contributed by atoms with Crippen molar-refractivity contribution in [3.8, 4) is 16.9 Å². The molecule has 0 aliphatic carbocycles. The predicted molar refractivity (Wildman–Crippen MR) is 123 cm³/mol. The molecule has 0 saturated carbocycles. The predicted octanol–water partition coefficient (Wildman–Crippen LogP) is 3.41. The van der Waals surface area contributed by atoms with Gasteiger partial charge in [0, 0.05) is 29.8 Å². The Balaban J connectivity index is 1.33. The molecule has 4 aromatic rings. The van der Waals surface area contributed by atoms with Crippen molar-refractivity contribution < 1.29 is 9.53 Å². The number of nitrogens with zero attached hydrogens (tertiary/aromatic N) is 4. The summed E-state index contributed by atoms with van der Waals surface area (Å²) in [4.78, 5) is 12.8. The first kappa shape index (κ1) is 20.1. The smallest absolute Gasteiger partial charge is 0.256 e. The molecule has 0 spiro atoms. The van der Waals surface area contributed by atoms with E-state index in [4.69, 9.17) is 4.74 Å². The maximum atomic E-state index is 12.8. The summed E-state index contributed by atoms with van der Waals surface area (Å²) in [6.07, 6.45) is 5.87. The molecular formula is C24H24N6O2. The summed E-state index contributed by atoms with van der Waals surface area (Å²) in [5, 5.41) is 19.7. The number of carbonyl (C=O) groups excluding carboxylic acids is 1. The molecule has 1 aliphatic rings. The summed E-state index contributed by atoms with van der Waals surface area (Å²) in [6.45, 7) is 1.90. The number of hydrogen-bond donors (Lipinski definition) is 2. The van der Waals surface area contributed by atoms with Gasteiger partial charge in [0.2, 0.25) is 0 Å². The monoisotopic (exact) mass is 428 g/mol.